The molecule has 0 bridgehead atoms. The smallest absolute Gasteiger partial charge is 0.316 e. The largest absolute Gasteiger partial charge is 0.349 e. The van der Waals surface area contributed by atoms with Gasteiger partial charge < -0.3 is 15.2 Å². The van der Waals surface area contributed by atoms with Gasteiger partial charge in [0.1, 0.15) is 5.69 Å². The van der Waals surface area contributed by atoms with Crippen molar-refractivity contribution in [2.75, 3.05) is 13.1 Å². The summed E-state index contributed by atoms with van der Waals surface area (Å²) in [6.45, 7) is 2.37. The van der Waals surface area contributed by atoms with Gasteiger partial charge in [-0.25, -0.2) is 4.98 Å². The third kappa shape index (κ3) is 4.26. The molecule has 3 aromatic rings. The van der Waals surface area contributed by atoms with Crippen molar-refractivity contribution in [1.82, 2.24) is 30.7 Å². The highest BCUT2D eigenvalue weighted by atomic mass is 16.5. The fourth-order valence-electron chi connectivity index (χ4n) is 2.15. The molecule has 0 aliphatic heterocycles. The van der Waals surface area contributed by atoms with Gasteiger partial charge in [-0.1, -0.05) is 28.9 Å². The molecule has 9 heteroatoms. The molecule has 0 fully saturated rings. The Kier molecular flexibility index (Phi) is 5.28. The van der Waals surface area contributed by atoms with Crippen LogP contribution in [0.5, 0.6) is 0 Å². The third-order valence-electron chi connectivity index (χ3n) is 3.39. The van der Waals surface area contributed by atoms with E-state index < -0.39 is 5.91 Å². The first kappa shape index (κ1) is 17.2. The van der Waals surface area contributed by atoms with Crippen LogP contribution in [0, 0.1) is 6.92 Å². The Labute approximate surface area is 148 Å². The monoisotopic (exact) mass is 352 g/mol. The third-order valence-corrected chi connectivity index (χ3v) is 3.39. The highest BCUT2D eigenvalue weighted by Gasteiger charge is 2.16. The SMILES string of the molecule is Cc1cccc(-c2noc(C(=O)NCCNC(=O)c3cnccn3)n2)c1. The topological polar surface area (TPSA) is 123 Å². The van der Waals surface area contributed by atoms with E-state index in [0.29, 0.717) is 5.82 Å². The Hall–Kier alpha value is -3.62. The maximum absolute atomic E-state index is 12.0. The van der Waals surface area contributed by atoms with Gasteiger partial charge in [0.2, 0.25) is 5.82 Å². The molecule has 26 heavy (non-hydrogen) atoms. The van der Waals surface area contributed by atoms with Crippen LogP contribution in [0.2, 0.25) is 0 Å². The molecule has 0 unspecified atom stereocenters. The molecule has 0 saturated carbocycles. The number of aryl methyl sites for hydroxylation is 1. The van der Waals surface area contributed by atoms with E-state index in [1.807, 2.05) is 31.2 Å². The fraction of sp³-hybridized carbons (Fsp3) is 0.176. The molecule has 0 aliphatic rings. The molecule has 0 spiro atoms. The summed E-state index contributed by atoms with van der Waals surface area (Å²) in [6, 6.07) is 7.56. The van der Waals surface area contributed by atoms with Crippen molar-refractivity contribution in [1.29, 1.82) is 0 Å². The summed E-state index contributed by atoms with van der Waals surface area (Å²) in [5.74, 6) is -0.673. The minimum Gasteiger partial charge on any atom is -0.349 e. The number of rotatable bonds is 6. The van der Waals surface area contributed by atoms with E-state index in [2.05, 4.69) is 30.7 Å². The number of benzene rings is 1. The van der Waals surface area contributed by atoms with Crippen LogP contribution < -0.4 is 10.6 Å². The zero-order valence-electron chi connectivity index (χ0n) is 14.0. The van der Waals surface area contributed by atoms with Gasteiger partial charge in [0.15, 0.2) is 0 Å². The van der Waals surface area contributed by atoms with Gasteiger partial charge >= 0.3 is 11.8 Å². The van der Waals surface area contributed by atoms with E-state index in [1.165, 1.54) is 18.6 Å². The van der Waals surface area contributed by atoms with Crippen molar-refractivity contribution < 1.29 is 14.1 Å². The number of aromatic nitrogens is 4. The van der Waals surface area contributed by atoms with Crippen LogP contribution in [0.1, 0.15) is 26.7 Å². The quantitative estimate of drug-likeness (QED) is 0.634. The Morgan fingerprint density at radius 3 is 2.65 bits per heavy atom. The predicted molar refractivity (Wildman–Crippen MR) is 91.2 cm³/mol. The Balaban J connectivity index is 1.49. The predicted octanol–water partition coefficient (Wildman–Crippen LogP) is 0.995. The van der Waals surface area contributed by atoms with E-state index in [1.54, 1.807) is 0 Å². The standard InChI is InChI=1S/C17H16N6O3/c1-11-3-2-4-12(9-11)14-22-17(26-23-14)16(25)21-8-7-20-15(24)13-10-18-5-6-19-13/h2-6,9-10H,7-8H2,1H3,(H,20,24)(H,21,25). The molecule has 3 rings (SSSR count). The van der Waals surface area contributed by atoms with Crippen LogP contribution in [0.25, 0.3) is 11.4 Å². The molecule has 2 aromatic heterocycles. The second-order valence-corrected chi connectivity index (χ2v) is 5.40. The van der Waals surface area contributed by atoms with Crippen molar-refractivity contribution >= 4 is 11.8 Å². The normalized spacial score (nSPS) is 10.3. The van der Waals surface area contributed by atoms with E-state index in [9.17, 15) is 9.59 Å². The molecular formula is C17H16N6O3. The summed E-state index contributed by atoms with van der Waals surface area (Å²) < 4.78 is 4.99. The average Bonchev–Trinajstić information content (AvgIpc) is 3.16. The minimum absolute atomic E-state index is 0.137. The summed E-state index contributed by atoms with van der Waals surface area (Å²) in [5.41, 5.74) is 2.03. The maximum Gasteiger partial charge on any atom is 0.316 e. The lowest BCUT2D eigenvalue weighted by Crippen LogP contribution is -2.35. The van der Waals surface area contributed by atoms with Crippen LogP contribution in [0.4, 0.5) is 0 Å². The zero-order valence-corrected chi connectivity index (χ0v) is 14.0. The molecule has 2 heterocycles. The van der Waals surface area contributed by atoms with Gasteiger partial charge in [-0.15, -0.1) is 0 Å². The van der Waals surface area contributed by atoms with Gasteiger partial charge in [0, 0.05) is 31.0 Å². The van der Waals surface area contributed by atoms with Crippen LogP contribution in [0.3, 0.4) is 0 Å². The van der Waals surface area contributed by atoms with Crippen LogP contribution in [0.15, 0.2) is 47.4 Å². The van der Waals surface area contributed by atoms with E-state index >= 15 is 0 Å². The zero-order chi connectivity index (χ0) is 18.4. The van der Waals surface area contributed by atoms with Gasteiger partial charge in [-0.05, 0) is 13.0 Å². The first-order chi connectivity index (χ1) is 12.6. The number of nitrogens with zero attached hydrogens (tertiary/aromatic N) is 4. The van der Waals surface area contributed by atoms with Crippen molar-refractivity contribution in [2.24, 2.45) is 0 Å². The molecule has 132 valence electrons. The number of carbonyl (C=O) groups excluding carboxylic acids is 2. The number of amides is 2. The number of hydrogen-bond donors (Lipinski definition) is 2. The molecule has 9 nitrogen and oxygen atoms in total. The van der Waals surface area contributed by atoms with Gasteiger partial charge in [-0.3, -0.25) is 14.6 Å². The Morgan fingerprint density at radius 2 is 1.92 bits per heavy atom. The van der Waals surface area contributed by atoms with Crippen molar-refractivity contribution in [3.05, 3.63) is 60.0 Å². The van der Waals surface area contributed by atoms with Crippen molar-refractivity contribution in [2.45, 2.75) is 6.92 Å². The van der Waals surface area contributed by atoms with Crippen molar-refractivity contribution in [3.8, 4) is 11.4 Å². The maximum atomic E-state index is 12.0. The summed E-state index contributed by atoms with van der Waals surface area (Å²) in [7, 11) is 0. The summed E-state index contributed by atoms with van der Waals surface area (Å²) >= 11 is 0. The van der Waals surface area contributed by atoms with Gasteiger partial charge in [-0.2, -0.15) is 4.98 Å². The minimum atomic E-state index is -0.509. The molecule has 1 aromatic carbocycles. The second kappa shape index (κ2) is 7.97. The summed E-state index contributed by atoms with van der Waals surface area (Å²) in [4.78, 5) is 35.6. The first-order valence-electron chi connectivity index (χ1n) is 7.86. The highest BCUT2D eigenvalue weighted by molar-refractivity contribution is 5.92. The van der Waals surface area contributed by atoms with Crippen LogP contribution >= 0.6 is 0 Å². The molecule has 0 atom stereocenters. The fourth-order valence-corrected chi connectivity index (χ4v) is 2.15. The highest BCUT2D eigenvalue weighted by Crippen LogP contribution is 2.16. The molecule has 2 amide bonds. The Morgan fingerprint density at radius 1 is 1.12 bits per heavy atom. The molecule has 2 N–H and O–H groups in total. The van der Waals surface area contributed by atoms with E-state index in [0.717, 1.165) is 11.1 Å². The summed E-state index contributed by atoms with van der Waals surface area (Å²) in [6.07, 6.45) is 4.27. The molecule has 0 radical (unpaired) electrons. The number of hydrogen-bond acceptors (Lipinski definition) is 7. The molecule has 0 saturated heterocycles. The van der Waals surface area contributed by atoms with Crippen molar-refractivity contribution in [3.63, 3.8) is 0 Å². The lowest BCUT2D eigenvalue weighted by molar-refractivity contribution is 0.0897. The molecular weight excluding hydrogens is 336 g/mol. The van der Waals surface area contributed by atoms with E-state index in [4.69, 9.17) is 4.52 Å². The average molecular weight is 352 g/mol. The van der Waals surface area contributed by atoms with Gasteiger partial charge in [0.25, 0.3) is 5.91 Å². The van der Waals surface area contributed by atoms with Crippen LogP contribution in [-0.2, 0) is 0 Å². The van der Waals surface area contributed by atoms with E-state index in [-0.39, 0.29) is 30.6 Å². The lowest BCUT2D eigenvalue weighted by Gasteiger charge is -2.04. The van der Waals surface area contributed by atoms with Crippen LogP contribution in [-0.4, -0.2) is 45.0 Å². The second-order valence-electron chi connectivity index (χ2n) is 5.40. The Bertz CT molecular complexity index is 910. The lowest BCUT2D eigenvalue weighted by atomic mass is 10.1. The number of carbonyl (C=O) groups is 2. The summed E-state index contributed by atoms with van der Waals surface area (Å²) in [5, 5.41) is 9.03. The number of nitrogens with one attached hydrogen (secondary N) is 2. The van der Waals surface area contributed by atoms with Gasteiger partial charge in [0.05, 0.1) is 6.20 Å². The molecule has 0 aliphatic carbocycles. The first-order valence-corrected chi connectivity index (χ1v) is 7.86.